The van der Waals surface area contributed by atoms with Gasteiger partial charge >= 0.3 is 0 Å². The van der Waals surface area contributed by atoms with Crippen molar-refractivity contribution in [3.05, 3.63) is 48.0 Å². The molecule has 1 heterocycles. The van der Waals surface area contributed by atoms with Gasteiger partial charge in [0, 0.05) is 44.7 Å². The lowest BCUT2D eigenvalue weighted by Gasteiger charge is -2.08. The number of hydrogen-bond acceptors (Lipinski definition) is 3. The van der Waals surface area contributed by atoms with Crippen LogP contribution in [0.2, 0.25) is 0 Å². The van der Waals surface area contributed by atoms with E-state index in [1.165, 1.54) is 5.56 Å². The minimum absolute atomic E-state index is 0.743. The largest absolute Gasteiger partial charge is 0.383 e. The Morgan fingerprint density at radius 3 is 2.74 bits per heavy atom. The van der Waals surface area contributed by atoms with Crippen molar-refractivity contribution < 1.29 is 4.74 Å². The maximum absolute atomic E-state index is 5.00. The highest BCUT2D eigenvalue weighted by molar-refractivity contribution is 5.36. The average molecular weight is 259 g/mol. The topological polar surface area (TPSA) is 39.1 Å². The van der Waals surface area contributed by atoms with Crippen LogP contribution in [0.3, 0.4) is 0 Å². The highest BCUT2D eigenvalue weighted by Crippen LogP contribution is 2.12. The number of imidazole rings is 1. The first-order chi connectivity index (χ1) is 9.35. The van der Waals surface area contributed by atoms with E-state index in [9.17, 15) is 0 Å². The third-order valence-electron chi connectivity index (χ3n) is 3.06. The van der Waals surface area contributed by atoms with Crippen LogP contribution in [-0.2, 0) is 17.7 Å². The van der Waals surface area contributed by atoms with Gasteiger partial charge in [-0.2, -0.15) is 0 Å². The molecule has 2 rings (SSSR count). The minimum atomic E-state index is 0.743. The SMILES string of the molecule is CCc1nccn1-c1ccc(CNCCOC)cc1. The summed E-state index contributed by atoms with van der Waals surface area (Å²) in [7, 11) is 1.72. The number of aryl methyl sites for hydroxylation is 1. The van der Waals surface area contributed by atoms with Crippen LogP contribution in [0.1, 0.15) is 18.3 Å². The Morgan fingerprint density at radius 2 is 2.05 bits per heavy atom. The van der Waals surface area contributed by atoms with Crippen molar-refractivity contribution in [2.75, 3.05) is 20.3 Å². The number of ether oxygens (including phenoxy) is 1. The fourth-order valence-electron chi connectivity index (χ4n) is 2.01. The molecule has 1 N–H and O–H groups in total. The van der Waals surface area contributed by atoms with Crippen LogP contribution in [0, 0.1) is 0 Å². The number of methoxy groups -OCH3 is 1. The lowest BCUT2D eigenvalue weighted by atomic mass is 10.2. The molecule has 19 heavy (non-hydrogen) atoms. The molecule has 2 aromatic rings. The van der Waals surface area contributed by atoms with E-state index in [4.69, 9.17) is 4.74 Å². The molecule has 4 nitrogen and oxygen atoms in total. The van der Waals surface area contributed by atoms with Crippen molar-refractivity contribution in [3.8, 4) is 5.69 Å². The molecule has 0 amide bonds. The Bertz CT molecular complexity index is 490. The fraction of sp³-hybridized carbons (Fsp3) is 0.400. The minimum Gasteiger partial charge on any atom is -0.383 e. The predicted octanol–water partition coefficient (Wildman–Crippen LogP) is 2.17. The summed E-state index contributed by atoms with van der Waals surface area (Å²) >= 11 is 0. The summed E-state index contributed by atoms with van der Waals surface area (Å²) < 4.78 is 7.13. The van der Waals surface area contributed by atoms with E-state index in [2.05, 4.69) is 46.1 Å². The molecular weight excluding hydrogens is 238 g/mol. The normalized spacial score (nSPS) is 10.8. The summed E-state index contributed by atoms with van der Waals surface area (Å²) in [6, 6.07) is 8.56. The second-order valence-corrected chi connectivity index (χ2v) is 4.40. The maximum Gasteiger partial charge on any atom is 0.112 e. The maximum atomic E-state index is 5.00. The predicted molar refractivity (Wildman–Crippen MR) is 76.5 cm³/mol. The monoisotopic (exact) mass is 259 g/mol. The van der Waals surface area contributed by atoms with Gasteiger partial charge in [-0.05, 0) is 17.7 Å². The standard InChI is InChI=1S/C15H21N3O/c1-3-15-17-8-10-18(15)14-6-4-13(5-7-14)12-16-9-11-19-2/h4-8,10,16H,3,9,11-12H2,1-2H3. The fourth-order valence-corrected chi connectivity index (χ4v) is 2.01. The number of aromatic nitrogens is 2. The van der Waals surface area contributed by atoms with Gasteiger partial charge < -0.3 is 14.6 Å². The van der Waals surface area contributed by atoms with Crippen molar-refractivity contribution >= 4 is 0 Å². The van der Waals surface area contributed by atoms with E-state index in [-0.39, 0.29) is 0 Å². The molecule has 0 aliphatic rings. The molecular formula is C15H21N3O. The lowest BCUT2D eigenvalue weighted by molar-refractivity contribution is 0.199. The van der Waals surface area contributed by atoms with Crippen molar-refractivity contribution in [1.82, 2.24) is 14.9 Å². The summed E-state index contributed by atoms with van der Waals surface area (Å²) in [5.74, 6) is 1.09. The van der Waals surface area contributed by atoms with E-state index in [0.29, 0.717) is 0 Å². The molecule has 0 aliphatic heterocycles. The summed E-state index contributed by atoms with van der Waals surface area (Å²) in [5.41, 5.74) is 2.44. The third-order valence-corrected chi connectivity index (χ3v) is 3.06. The Balaban J connectivity index is 1.98. The first-order valence-electron chi connectivity index (χ1n) is 6.66. The zero-order valence-electron chi connectivity index (χ0n) is 11.6. The summed E-state index contributed by atoms with van der Waals surface area (Å²) in [6.07, 6.45) is 4.79. The van der Waals surface area contributed by atoms with Crippen LogP contribution in [0.25, 0.3) is 5.69 Å². The Morgan fingerprint density at radius 1 is 1.26 bits per heavy atom. The smallest absolute Gasteiger partial charge is 0.112 e. The summed E-state index contributed by atoms with van der Waals surface area (Å²) in [6.45, 7) is 4.61. The highest BCUT2D eigenvalue weighted by Gasteiger charge is 2.02. The summed E-state index contributed by atoms with van der Waals surface area (Å²) in [5, 5.41) is 3.34. The molecule has 0 fully saturated rings. The van der Waals surface area contributed by atoms with Gasteiger partial charge in [0.25, 0.3) is 0 Å². The molecule has 1 aromatic carbocycles. The van der Waals surface area contributed by atoms with Crippen LogP contribution >= 0.6 is 0 Å². The zero-order valence-corrected chi connectivity index (χ0v) is 11.6. The molecule has 0 unspecified atom stereocenters. The van der Waals surface area contributed by atoms with Crippen molar-refractivity contribution in [1.29, 1.82) is 0 Å². The van der Waals surface area contributed by atoms with E-state index >= 15 is 0 Å². The number of rotatable bonds is 7. The highest BCUT2D eigenvalue weighted by atomic mass is 16.5. The molecule has 0 bridgehead atoms. The quantitative estimate of drug-likeness (QED) is 0.775. The van der Waals surface area contributed by atoms with Gasteiger partial charge in [-0.25, -0.2) is 4.98 Å². The van der Waals surface area contributed by atoms with E-state index in [0.717, 1.165) is 37.6 Å². The van der Waals surface area contributed by atoms with Gasteiger partial charge in [0.05, 0.1) is 6.61 Å². The molecule has 1 aromatic heterocycles. The summed E-state index contributed by atoms with van der Waals surface area (Å²) in [4.78, 5) is 4.34. The molecule has 0 atom stereocenters. The Hall–Kier alpha value is -1.65. The van der Waals surface area contributed by atoms with Gasteiger partial charge in [0.1, 0.15) is 5.82 Å². The van der Waals surface area contributed by atoms with Crippen molar-refractivity contribution in [3.63, 3.8) is 0 Å². The van der Waals surface area contributed by atoms with Gasteiger partial charge in [0.15, 0.2) is 0 Å². The molecule has 4 heteroatoms. The Labute approximate surface area is 114 Å². The Kier molecular flexibility index (Phi) is 5.12. The molecule has 0 saturated carbocycles. The first kappa shape index (κ1) is 13.8. The van der Waals surface area contributed by atoms with Gasteiger partial charge in [-0.3, -0.25) is 0 Å². The number of nitrogens with zero attached hydrogens (tertiary/aromatic N) is 2. The second-order valence-electron chi connectivity index (χ2n) is 4.40. The van der Waals surface area contributed by atoms with Crippen LogP contribution < -0.4 is 5.32 Å². The molecule has 0 aliphatic carbocycles. The second kappa shape index (κ2) is 7.07. The lowest BCUT2D eigenvalue weighted by Crippen LogP contribution is -2.18. The zero-order chi connectivity index (χ0) is 13.5. The molecule has 0 radical (unpaired) electrons. The number of hydrogen-bond donors (Lipinski definition) is 1. The van der Waals surface area contributed by atoms with Crippen LogP contribution in [0.5, 0.6) is 0 Å². The number of nitrogens with one attached hydrogen (secondary N) is 1. The third kappa shape index (κ3) is 3.66. The van der Waals surface area contributed by atoms with Crippen molar-refractivity contribution in [2.45, 2.75) is 19.9 Å². The average Bonchev–Trinajstić information content (AvgIpc) is 2.93. The van der Waals surface area contributed by atoms with E-state index < -0.39 is 0 Å². The van der Waals surface area contributed by atoms with Gasteiger partial charge in [0.2, 0.25) is 0 Å². The van der Waals surface area contributed by atoms with Gasteiger partial charge in [-0.15, -0.1) is 0 Å². The van der Waals surface area contributed by atoms with Crippen LogP contribution in [0.4, 0.5) is 0 Å². The molecule has 0 saturated heterocycles. The first-order valence-corrected chi connectivity index (χ1v) is 6.66. The van der Waals surface area contributed by atoms with Crippen molar-refractivity contribution in [2.24, 2.45) is 0 Å². The molecule has 102 valence electrons. The molecule has 0 spiro atoms. The van der Waals surface area contributed by atoms with Crippen LogP contribution in [-0.4, -0.2) is 29.8 Å². The van der Waals surface area contributed by atoms with E-state index in [1.807, 2.05) is 12.4 Å². The van der Waals surface area contributed by atoms with E-state index in [1.54, 1.807) is 7.11 Å². The van der Waals surface area contributed by atoms with Gasteiger partial charge in [-0.1, -0.05) is 19.1 Å². The van der Waals surface area contributed by atoms with Crippen LogP contribution in [0.15, 0.2) is 36.7 Å². The number of benzene rings is 1.